The van der Waals surface area contributed by atoms with Crippen molar-refractivity contribution in [1.29, 1.82) is 0 Å². The number of carbonyl (C=O) groups excluding carboxylic acids is 1. The fraction of sp³-hybridized carbons (Fsp3) is 0.867. The Bertz CT molecular complexity index is 384. The molecule has 0 spiro atoms. The van der Waals surface area contributed by atoms with Gasteiger partial charge in [-0.15, -0.1) is 0 Å². The van der Waals surface area contributed by atoms with E-state index in [1.807, 2.05) is 4.90 Å². The van der Waals surface area contributed by atoms with Gasteiger partial charge >= 0.3 is 5.97 Å². The highest BCUT2D eigenvalue weighted by Gasteiger charge is 2.37. The highest BCUT2D eigenvalue weighted by Crippen LogP contribution is 2.33. The zero-order valence-electron chi connectivity index (χ0n) is 12.4. The lowest BCUT2D eigenvalue weighted by Gasteiger charge is -2.27. The zero-order valence-corrected chi connectivity index (χ0v) is 12.4. The van der Waals surface area contributed by atoms with E-state index in [-0.39, 0.29) is 23.3 Å². The minimum Gasteiger partial charge on any atom is -0.481 e. The van der Waals surface area contributed by atoms with Crippen molar-refractivity contribution in [2.75, 3.05) is 20.2 Å². The van der Waals surface area contributed by atoms with E-state index < -0.39 is 5.97 Å². The summed E-state index contributed by atoms with van der Waals surface area (Å²) in [6.07, 6.45) is 4.63. The highest BCUT2D eigenvalue weighted by atomic mass is 16.5. The van der Waals surface area contributed by atoms with Crippen molar-refractivity contribution in [3.8, 4) is 0 Å². The second-order valence-corrected chi connectivity index (χ2v) is 6.38. The van der Waals surface area contributed by atoms with E-state index in [2.05, 4.69) is 6.92 Å². The molecular weight excluding hydrogens is 258 g/mol. The first kappa shape index (κ1) is 15.3. The summed E-state index contributed by atoms with van der Waals surface area (Å²) in [6.45, 7) is 3.58. The molecule has 1 amide bonds. The summed E-state index contributed by atoms with van der Waals surface area (Å²) in [6, 6.07) is 0. The maximum Gasteiger partial charge on any atom is 0.306 e. The molecule has 0 aromatic heterocycles. The lowest BCUT2D eigenvalue weighted by molar-refractivity contribution is -0.141. The molecular formula is C15H25NO4. The molecule has 1 unspecified atom stereocenters. The van der Waals surface area contributed by atoms with Crippen LogP contribution in [-0.2, 0) is 14.3 Å². The van der Waals surface area contributed by atoms with Gasteiger partial charge in [0.1, 0.15) is 0 Å². The average molecular weight is 283 g/mol. The predicted octanol–water partition coefficient (Wildman–Crippen LogP) is 1.90. The number of ether oxygens (including phenoxy) is 1. The van der Waals surface area contributed by atoms with Gasteiger partial charge in [-0.2, -0.15) is 0 Å². The summed E-state index contributed by atoms with van der Waals surface area (Å²) < 4.78 is 5.55. The molecule has 3 atom stereocenters. The molecule has 1 saturated carbocycles. The van der Waals surface area contributed by atoms with Gasteiger partial charge in [0.05, 0.1) is 11.5 Å². The van der Waals surface area contributed by atoms with Crippen molar-refractivity contribution in [2.24, 2.45) is 11.8 Å². The van der Waals surface area contributed by atoms with Crippen molar-refractivity contribution in [2.45, 2.75) is 51.0 Å². The molecule has 0 radical (unpaired) electrons. The summed E-state index contributed by atoms with van der Waals surface area (Å²) in [5, 5.41) is 9.03. The monoisotopic (exact) mass is 283 g/mol. The summed E-state index contributed by atoms with van der Waals surface area (Å²) >= 11 is 0. The van der Waals surface area contributed by atoms with Gasteiger partial charge in [0.15, 0.2) is 0 Å². The molecule has 1 saturated heterocycles. The van der Waals surface area contributed by atoms with Crippen LogP contribution in [0.2, 0.25) is 0 Å². The van der Waals surface area contributed by atoms with E-state index in [9.17, 15) is 9.59 Å². The molecule has 2 aliphatic rings. The summed E-state index contributed by atoms with van der Waals surface area (Å²) in [5.74, 6) is -1.04. The second-order valence-electron chi connectivity index (χ2n) is 6.38. The van der Waals surface area contributed by atoms with E-state index in [1.54, 1.807) is 7.11 Å². The minimum atomic E-state index is -0.761. The third-order valence-electron chi connectivity index (χ3n) is 4.98. The minimum absolute atomic E-state index is 0.0944. The SMILES string of the molecule is COC1(C)CCCN(C(=O)[C@@H]2CC[C@H](C(=O)O)C2)CC1. The fourth-order valence-corrected chi connectivity index (χ4v) is 3.36. The number of amides is 1. The summed E-state index contributed by atoms with van der Waals surface area (Å²) in [4.78, 5) is 25.4. The number of rotatable bonds is 3. The van der Waals surface area contributed by atoms with Crippen LogP contribution in [0, 0.1) is 11.8 Å². The molecule has 1 heterocycles. The number of likely N-dealkylation sites (tertiary alicyclic amines) is 1. The topological polar surface area (TPSA) is 66.8 Å². The third-order valence-corrected chi connectivity index (χ3v) is 4.98. The first-order valence-electron chi connectivity index (χ1n) is 7.52. The standard InChI is InChI=1S/C15H25NO4/c1-15(20-2)6-3-8-16(9-7-15)13(17)11-4-5-12(10-11)14(18)19/h11-12H,3-10H2,1-2H3,(H,18,19)/t11-,12+,15?/m1/s1. The number of nitrogens with zero attached hydrogens (tertiary/aromatic N) is 1. The molecule has 2 rings (SSSR count). The van der Waals surface area contributed by atoms with Gasteiger partial charge in [0.2, 0.25) is 5.91 Å². The number of hydrogen-bond acceptors (Lipinski definition) is 3. The molecule has 0 aromatic carbocycles. The van der Waals surface area contributed by atoms with Crippen LogP contribution >= 0.6 is 0 Å². The molecule has 20 heavy (non-hydrogen) atoms. The Labute approximate surface area is 120 Å². The van der Waals surface area contributed by atoms with Gasteiger partial charge in [-0.3, -0.25) is 9.59 Å². The predicted molar refractivity (Wildman–Crippen MR) is 74.3 cm³/mol. The number of carboxylic acid groups (broad SMARTS) is 1. The quantitative estimate of drug-likeness (QED) is 0.859. The second kappa shape index (κ2) is 6.12. The zero-order chi connectivity index (χ0) is 14.8. The van der Waals surface area contributed by atoms with Crippen LogP contribution in [0.25, 0.3) is 0 Å². The summed E-state index contributed by atoms with van der Waals surface area (Å²) in [7, 11) is 1.73. The van der Waals surface area contributed by atoms with Gasteiger partial charge < -0.3 is 14.7 Å². The Balaban J connectivity index is 1.92. The fourth-order valence-electron chi connectivity index (χ4n) is 3.36. The van der Waals surface area contributed by atoms with Crippen molar-refractivity contribution >= 4 is 11.9 Å². The van der Waals surface area contributed by atoms with Gasteiger partial charge in [0.25, 0.3) is 0 Å². The highest BCUT2D eigenvalue weighted by molar-refractivity contribution is 5.81. The Morgan fingerprint density at radius 3 is 2.50 bits per heavy atom. The van der Waals surface area contributed by atoms with Crippen LogP contribution in [0.15, 0.2) is 0 Å². The van der Waals surface area contributed by atoms with Crippen LogP contribution in [0.1, 0.15) is 45.4 Å². The Hall–Kier alpha value is -1.10. The van der Waals surface area contributed by atoms with Gasteiger partial charge in [-0.25, -0.2) is 0 Å². The van der Waals surface area contributed by atoms with Crippen LogP contribution in [0.5, 0.6) is 0 Å². The van der Waals surface area contributed by atoms with E-state index in [0.717, 1.165) is 32.4 Å². The smallest absolute Gasteiger partial charge is 0.306 e. The van der Waals surface area contributed by atoms with E-state index in [0.29, 0.717) is 19.3 Å². The van der Waals surface area contributed by atoms with Crippen molar-refractivity contribution in [3.05, 3.63) is 0 Å². The molecule has 0 aromatic rings. The average Bonchev–Trinajstić information content (AvgIpc) is 2.83. The van der Waals surface area contributed by atoms with Crippen molar-refractivity contribution in [3.63, 3.8) is 0 Å². The third kappa shape index (κ3) is 3.32. The normalized spacial score (nSPS) is 34.8. The molecule has 1 N–H and O–H groups in total. The van der Waals surface area contributed by atoms with Gasteiger partial charge in [-0.05, 0) is 45.4 Å². The maximum absolute atomic E-state index is 12.5. The number of aliphatic carboxylic acids is 1. The molecule has 5 heteroatoms. The first-order chi connectivity index (χ1) is 9.45. The molecule has 1 aliphatic heterocycles. The number of carbonyl (C=O) groups is 2. The molecule has 5 nitrogen and oxygen atoms in total. The van der Waals surface area contributed by atoms with Gasteiger partial charge in [-0.1, -0.05) is 0 Å². The molecule has 0 bridgehead atoms. The molecule has 114 valence electrons. The van der Waals surface area contributed by atoms with E-state index >= 15 is 0 Å². The first-order valence-corrected chi connectivity index (χ1v) is 7.52. The van der Waals surface area contributed by atoms with Crippen molar-refractivity contribution in [1.82, 2.24) is 4.90 Å². The van der Waals surface area contributed by atoms with E-state index in [4.69, 9.17) is 9.84 Å². The number of hydrogen-bond donors (Lipinski definition) is 1. The lowest BCUT2D eigenvalue weighted by Crippen LogP contribution is -2.37. The van der Waals surface area contributed by atoms with Crippen LogP contribution in [0.4, 0.5) is 0 Å². The lowest BCUT2D eigenvalue weighted by atomic mass is 9.97. The number of carboxylic acids is 1. The summed E-state index contributed by atoms with van der Waals surface area (Å²) in [5.41, 5.74) is -0.131. The Morgan fingerprint density at radius 2 is 1.90 bits per heavy atom. The molecule has 1 aliphatic carbocycles. The van der Waals surface area contributed by atoms with Crippen molar-refractivity contribution < 1.29 is 19.4 Å². The van der Waals surface area contributed by atoms with E-state index in [1.165, 1.54) is 0 Å². The Kier molecular flexibility index (Phi) is 4.68. The maximum atomic E-state index is 12.5. The molecule has 2 fully saturated rings. The van der Waals surface area contributed by atoms with Crippen LogP contribution in [-0.4, -0.2) is 47.7 Å². The Morgan fingerprint density at radius 1 is 1.20 bits per heavy atom. The largest absolute Gasteiger partial charge is 0.481 e. The van der Waals surface area contributed by atoms with Gasteiger partial charge in [0, 0.05) is 26.1 Å². The van der Waals surface area contributed by atoms with Crippen LogP contribution in [0.3, 0.4) is 0 Å². The number of methoxy groups -OCH3 is 1. The van der Waals surface area contributed by atoms with Crippen LogP contribution < -0.4 is 0 Å².